The summed E-state index contributed by atoms with van der Waals surface area (Å²) in [6.07, 6.45) is 6.63. The van der Waals surface area contributed by atoms with Crippen LogP contribution in [0.25, 0.3) is 0 Å². The fraction of sp³-hybridized carbons (Fsp3) is 0.625. The monoisotopic (exact) mass is 139 g/mol. The van der Waals surface area contributed by atoms with E-state index in [4.69, 9.17) is 6.42 Å². The van der Waals surface area contributed by atoms with Gasteiger partial charge in [0.15, 0.2) is 0 Å². The van der Waals surface area contributed by atoms with Gasteiger partial charge in [-0.2, -0.15) is 0 Å². The molecule has 0 heterocycles. The van der Waals surface area contributed by atoms with E-state index in [2.05, 4.69) is 11.2 Å². The van der Waals surface area contributed by atoms with E-state index in [1.165, 1.54) is 6.92 Å². The molecule has 0 aromatic rings. The molecule has 1 atom stereocenters. The summed E-state index contributed by atoms with van der Waals surface area (Å²) in [6, 6.07) is 0.202. The Morgan fingerprint density at radius 1 is 1.80 bits per heavy atom. The Morgan fingerprint density at radius 3 is 2.80 bits per heavy atom. The third kappa shape index (κ3) is 5.17. The molecule has 0 aromatic carbocycles. The van der Waals surface area contributed by atoms with E-state index < -0.39 is 0 Å². The standard InChI is InChI=1S/C8H13NO/c1-4-5-6-7(2)9-8(3)10/h1,7H,5-6H2,2-3H3,(H,9,10). The van der Waals surface area contributed by atoms with Gasteiger partial charge in [-0.3, -0.25) is 4.79 Å². The van der Waals surface area contributed by atoms with Gasteiger partial charge in [0.2, 0.25) is 5.91 Å². The number of hydrogen-bond acceptors (Lipinski definition) is 1. The predicted octanol–water partition coefficient (Wildman–Crippen LogP) is 0.924. The quantitative estimate of drug-likeness (QED) is 0.579. The fourth-order valence-electron chi connectivity index (χ4n) is 0.719. The number of carbonyl (C=O) groups excluding carboxylic acids is 1. The van der Waals surface area contributed by atoms with Crippen molar-refractivity contribution in [2.24, 2.45) is 0 Å². The van der Waals surface area contributed by atoms with Crippen LogP contribution in [0.1, 0.15) is 26.7 Å². The third-order valence-corrected chi connectivity index (χ3v) is 1.17. The minimum absolute atomic E-state index is 0.00419. The first-order valence-electron chi connectivity index (χ1n) is 3.37. The first kappa shape index (κ1) is 9.03. The number of rotatable bonds is 3. The lowest BCUT2D eigenvalue weighted by Gasteiger charge is -2.09. The summed E-state index contributed by atoms with van der Waals surface area (Å²) in [5.74, 6) is 2.52. The van der Waals surface area contributed by atoms with Crippen molar-refractivity contribution in [1.82, 2.24) is 5.32 Å². The zero-order valence-corrected chi connectivity index (χ0v) is 6.48. The highest BCUT2D eigenvalue weighted by Crippen LogP contribution is 1.93. The van der Waals surface area contributed by atoms with Gasteiger partial charge in [0, 0.05) is 19.4 Å². The van der Waals surface area contributed by atoms with Crippen LogP contribution in [0.4, 0.5) is 0 Å². The van der Waals surface area contributed by atoms with Gasteiger partial charge in [0.25, 0.3) is 0 Å². The molecular formula is C8H13NO. The van der Waals surface area contributed by atoms with E-state index in [1.807, 2.05) is 6.92 Å². The molecule has 1 amide bonds. The van der Waals surface area contributed by atoms with Crippen molar-refractivity contribution < 1.29 is 4.79 Å². The van der Waals surface area contributed by atoms with Crippen molar-refractivity contribution in [3.63, 3.8) is 0 Å². The molecule has 0 aliphatic carbocycles. The van der Waals surface area contributed by atoms with Gasteiger partial charge >= 0.3 is 0 Å². The lowest BCUT2D eigenvalue weighted by Crippen LogP contribution is -2.29. The highest BCUT2D eigenvalue weighted by molar-refractivity contribution is 5.73. The summed E-state index contributed by atoms with van der Waals surface area (Å²) in [5.41, 5.74) is 0. The largest absolute Gasteiger partial charge is 0.354 e. The van der Waals surface area contributed by atoms with Crippen molar-refractivity contribution in [1.29, 1.82) is 0 Å². The lowest BCUT2D eigenvalue weighted by atomic mass is 10.2. The van der Waals surface area contributed by atoms with E-state index in [1.54, 1.807) is 0 Å². The van der Waals surface area contributed by atoms with Crippen LogP contribution in [0.2, 0.25) is 0 Å². The van der Waals surface area contributed by atoms with Gasteiger partial charge in [0.05, 0.1) is 0 Å². The predicted molar refractivity (Wildman–Crippen MR) is 41.3 cm³/mol. The highest BCUT2D eigenvalue weighted by Gasteiger charge is 2.00. The van der Waals surface area contributed by atoms with Crippen molar-refractivity contribution in [3.8, 4) is 12.3 Å². The van der Waals surface area contributed by atoms with E-state index in [-0.39, 0.29) is 11.9 Å². The fourth-order valence-corrected chi connectivity index (χ4v) is 0.719. The second-order valence-electron chi connectivity index (χ2n) is 2.34. The van der Waals surface area contributed by atoms with Gasteiger partial charge < -0.3 is 5.32 Å². The van der Waals surface area contributed by atoms with Gasteiger partial charge in [-0.15, -0.1) is 12.3 Å². The maximum Gasteiger partial charge on any atom is 0.217 e. The number of nitrogens with one attached hydrogen (secondary N) is 1. The number of carbonyl (C=O) groups is 1. The van der Waals surface area contributed by atoms with Crippen molar-refractivity contribution in [3.05, 3.63) is 0 Å². The molecule has 1 unspecified atom stereocenters. The van der Waals surface area contributed by atoms with Gasteiger partial charge in [-0.05, 0) is 13.3 Å². The normalized spacial score (nSPS) is 11.7. The SMILES string of the molecule is C#CCCC(C)NC(C)=O. The second-order valence-corrected chi connectivity index (χ2v) is 2.34. The van der Waals surface area contributed by atoms with Crippen molar-refractivity contribution in [2.45, 2.75) is 32.7 Å². The van der Waals surface area contributed by atoms with Crippen LogP contribution >= 0.6 is 0 Å². The first-order chi connectivity index (χ1) is 4.66. The molecule has 0 aliphatic rings. The Morgan fingerprint density at radius 2 is 2.40 bits per heavy atom. The van der Waals surface area contributed by atoms with Crippen molar-refractivity contribution in [2.75, 3.05) is 0 Å². The van der Waals surface area contributed by atoms with E-state index >= 15 is 0 Å². The number of hydrogen-bond donors (Lipinski definition) is 1. The van der Waals surface area contributed by atoms with E-state index in [0.29, 0.717) is 0 Å². The number of terminal acetylenes is 1. The molecule has 0 aliphatic heterocycles. The topological polar surface area (TPSA) is 29.1 Å². The van der Waals surface area contributed by atoms with Gasteiger partial charge in [-0.1, -0.05) is 0 Å². The highest BCUT2D eigenvalue weighted by atomic mass is 16.1. The first-order valence-corrected chi connectivity index (χ1v) is 3.37. The van der Waals surface area contributed by atoms with Crippen LogP contribution in [0.15, 0.2) is 0 Å². The summed E-state index contributed by atoms with van der Waals surface area (Å²) in [6.45, 7) is 3.45. The molecule has 0 saturated carbocycles. The zero-order valence-electron chi connectivity index (χ0n) is 6.48. The Labute approximate surface area is 62.0 Å². The molecular weight excluding hydrogens is 126 g/mol. The average Bonchev–Trinajstić information content (AvgIpc) is 1.82. The van der Waals surface area contributed by atoms with Crippen molar-refractivity contribution >= 4 is 5.91 Å². The van der Waals surface area contributed by atoms with Crippen LogP contribution in [-0.2, 0) is 4.79 Å². The lowest BCUT2D eigenvalue weighted by molar-refractivity contribution is -0.119. The third-order valence-electron chi connectivity index (χ3n) is 1.17. The van der Waals surface area contributed by atoms with Crippen LogP contribution in [0.5, 0.6) is 0 Å². The molecule has 0 fully saturated rings. The minimum atomic E-state index is 0.00419. The molecule has 0 bridgehead atoms. The van der Waals surface area contributed by atoms with Gasteiger partial charge in [-0.25, -0.2) is 0 Å². The number of amides is 1. The summed E-state index contributed by atoms with van der Waals surface area (Å²) in [4.78, 5) is 10.5. The molecule has 0 spiro atoms. The molecule has 56 valence electrons. The van der Waals surface area contributed by atoms with Crippen LogP contribution < -0.4 is 5.32 Å². The van der Waals surface area contributed by atoms with Gasteiger partial charge in [0.1, 0.15) is 0 Å². The molecule has 1 N–H and O–H groups in total. The molecule has 0 radical (unpaired) electrons. The molecule has 0 rings (SSSR count). The van der Waals surface area contributed by atoms with E-state index in [0.717, 1.165) is 12.8 Å². The van der Waals surface area contributed by atoms with Crippen LogP contribution in [0.3, 0.4) is 0 Å². The Balaban J connectivity index is 3.36. The molecule has 2 heteroatoms. The maximum absolute atomic E-state index is 10.5. The van der Waals surface area contributed by atoms with E-state index in [9.17, 15) is 4.79 Å². The molecule has 2 nitrogen and oxygen atoms in total. The zero-order chi connectivity index (χ0) is 7.98. The molecule has 0 saturated heterocycles. The Bertz CT molecular complexity index is 146. The smallest absolute Gasteiger partial charge is 0.217 e. The second kappa shape index (κ2) is 4.87. The Kier molecular flexibility index (Phi) is 4.39. The molecule has 0 aromatic heterocycles. The molecule has 10 heavy (non-hydrogen) atoms. The summed E-state index contributed by atoms with van der Waals surface area (Å²) >= 11 is 0. The minimum Gasteiger partial charge on any atom is -0.354 e. The summed E-state index contributed by atoms with van der Waals surface area (Å²) < 4.78 is 0. The maximum atomic E-state index is 10.5. The summed E-state index contributed by atoms with van der Waals surface area (Å²) in [7, 11) is 0. The average molecular weight is 139 g/mol. The van der Waals surface area contributed by atoms with Crippen LogP contribution in [0, 0.1) is 12.3 Å². The Hall–Kier alpha value is -0.970. The summed E-state index contributed by atoms with van der Waals surface area (Å²) in [5, 5.41) is 2.74. The van der Waals surface area contributed by atoms with Crippen LogP contribution in [-0.4, -0.2) is 11.9 Å².